The van der Waals surface area contributed by atoms with Crippen LogP contribution in [-0.2, 0) is 0 Å². The predicted octanol–water partition coefficient (Wildman–Crippen LogP) is 6.19. The molecule has 3 aromatic rings. The number of nitrogens with one attached hydrogen (secondary N) is 2. The topological polar surface area (TPSA) is 67.2 Å². The normalized spacial score (nSPS) is 10.5. The molecule has 0 saturated carbocycles. The maximum absolute atomic E-state index is 11.2. The number of rotatable bonds is 5. The summed E-state index contributed by atoms with van der Waals surface area (Å²) in [5.41, 5.74) is 4.45. The number of para-hydroxylation sites is 1. The van der Waals surface area contributed by atoms with Gasteiger partial charge in [0, 0.05) is 17.4 Å². The van der Waals surface area contributed by atoms with Crippen molar-refractivity contribution in [3.63, 3.8) is 0 Å². The monoisotopic (exact) mass is 391 g/mol. The highest BCUT2D eigenvalue weighted by molar-refractivity contribution is 7.80. The average Bonchev–Trinajstić information content (AvgIpc) is 2.69. The molecule has 0 aromatic heterocycles. The minimum atomic E-state index is -0.370. The van der Waals surface area contributed by atoms with E-state index in [0.717, 1.165) is 16.9 Å². The SMILES string of the molecule is CC(C)c1ccc(NC(=S)Nc2ccc(-c3ccccc3[N+](=O)[O-])cc2)cc1. The Balaban J connectivity index is 1.67. The lowest BCUT2D eigenvalue weighted by Gasteiger charge is -2.12. The van der Waals surface area contributed by atoms with Gasteiger partial charge in [-0.05, 0) is 59.6 Å². The molecule has 0 aliphatic carbocycles. The van der Waals surface area contributed by atoms with E-state index in [1.54, 1.807) is 18.2 Å². The molecule has 3 aromatic carbocycles. The van der Waals surface area contributed by atoms with Crippen molar-refractivity contribution in [1.29, 1.82) is 0 Å². The van der Waals surface area contributed by atoms with Crippen LogP contribution < -0.4 is 10.6 Å². The van der Waals surface area contributed by atoms with Gasteiger partial charge < -0.3 is 10.6 Å². The van der Waals surface area contributed by atoms with Crippen LogP contribution >= 0.6 is 12.2 Å². The van der Waals surface area contributed by atoms with Gasteiger partial charge in [0.25, 0.3) is 5.69 Å². The van der Waals surface area contributed by atoms with Crippen molar-refractivity contribution >= 4 is 34.4 Å². The summed E-state index contributed by atoms with van der Waals surface area (Å²) in [4.78, 5) is 10.8. The van der Waals surface area contributed by atoms with E-state index in [4.69, 9.17) is 12.2 Å². The zero-order valence-corrected chi connectivity index (χ0v) is 16.5. The Labute approximate surface area is 169 Å². The number of thiocarbonyl (C=S) groups is 1. The first-order chi connectivity index (χ1) is 13.4. The van der Waals surface area contributed by atoms with Crippen LogP contribution in [0.1, 0.15) is 25.3 Å². The molecule has 3 rings (SSSR count). The fourth-order valence-corrected chi connectivity index (χ4v) is 3.09. The van der Waals surface area contributed by atoms with E-state index in [1.165, 1.54) is 11.6 Å². The predicted molar refractivity (Wildman–Crippen MR) is 119 cm³/mol. The van der Waals surface area contributed by atoms with Crippen molar-refractivity contribution in [1.82, 2.24) is 0 Å². The van der Waals surface area contributed by atoms with E-state index in [1.807, 2.05) is 36.4 Å². The minimum Gasteiger partial charge on any atom is -0.332 e. The van der Waals surface area contributed by atoms with E-state index < -0.39 is 0 Å². The fraction of sp³-hybridized carbons (Fsp3) is 0.136. The third kappa shape index (κ3) is 4.72. The lowest BCUT2D eigenvalue weighted by atomic mass is 10.0. The quantitative estimate of drug-likeness (QED) is 0.308. The highest BCUT2D eigenvalue weighted by Crippen LogP contribution is 2.30. The minimum absolute atomic E-state index is 0.0882. The van der Waals surface area contributed by atoms with Crippen LogP contribution in [0.2, 0.25) is 0 Å². The molecule has 28 heavy (non-hydrogen) atoms. The lowest BCUT2D eigenvalue weighted by Crippen LogP contribution is -2.18. The molecule has 0 fully saturated rings. The molecule has 0 spiro atoms. The van der Waals surface area contributed by atoms with E-state index in [9.17, 15) is 10.1 Å². The number of nitro benzene ring substituents is 1. The molecule has 0 heterocycles. The van der Waals surface area contributed by atoms with Crippen molar-refractivity contribution in [2.75, 3.05) is 10.6 Å². The molecule has 5 nitrogen and oxygen atoms in total. The van der Waals surface area contributed by atoms with Crippen LogP contribution in [0.25, 0.3) is 11.1 Å². The Morgan fingerprint density at radius 3 is 1.96 bits per heavy atom. The van der Waals surface area contributed by atoms with Crippen molar-refractivity contribution in [2.24, 2.45) is 0 Å². The highest BCUT2D eigenvalue weighted by atomic mass is 32.1. The number of nitrogens with zero attached hydrogens (tertiary/aromatic N) is 1. The van der Waals surface area contributed by atoms with Crippen molar-refractivity contribution < 1.29 is 4.92 Å². The molecular formula is C22H21N3O2S. The molecule has 0 aliphatic rings. The first-order valence-corrected chi connectivity index (χ1v) is 9.36. The smallest absolute Gasteiger partial charge is 0.277 e. The fourth-order valence-electron chi connectivity index (χ4n) is 2.85. The summed E-state index contributed by atoms with van der Waals surface area (Å²) < 4.78 is 0. The summed E-state index contributed by atoms with van der Waals surface area (Å²) in [5.74, 6) is 0.484. The average molecular weight is 391 g/mol. The third-order valence-corrected chi connectivity index (χ3v) is 4.59. The summed E-state index contributed by atoms with van der Waals surface area (Å²) in [5, 5.41) is 18.0. The summed E-state index contributed by atoms with van der Waals surface area (Å²) in [6.07, 6.45) is 0. The van der Waals surface area contributed by atoms with E-state index >= 15 is 0 Å². The third-order valence-electron chi connectivity index (χ3n) is 4.39. The van der Waals surface area contributed by atoms with Crippen LogP contribution in [0.5, 0.6) is 0 Å². The first kappa shape index (κ1) is 19.5. The van der Waals surface area contributed by atoms with Crippen LogP contribution in [0.15, 0.2) is 72.8 Å². The Kier molecular flexibility index (Phi) is 6.01. The summed E-state index contributed by atoms with van der Waals surface area (Å²) in [6.45, 7) is 4.31. The van der Waals surface area contributed by atoms with Gasteiger partial charge in [0.1, 0.15) is 0 Å². The zero-order chi connectivity index (χ0) is 20.1. The van der Waals surface area contributed by atoms with E-state index in [-0.39, 0.29) is 10.6 Å². The highest BCUT2D eigenvalue weighted by Gasteiger charge is 2.13. The molecule has 0 unspecified atom stereocenters. The Bertz CT molecular complexity index is 983. The second kappa shape index (κ2) is 8.63. The number of benzene rings is 3. The number of hydrogen-bond donors (Lipinski definition) is 2. The Morgan fingerprint density at radius 2 is 1.43 bits per heavy atom. The van der Waals surface area contributed by atoms with Crippen LogP contribution in [0, 0.1) is 10.1 Å². The molecule has 0 radical (unpaired) electrons. The largest absolute Gasteiger partial charge is 0.332 e. The van der Waals surface area contributed by atoms with Gasteiger partial charge in [-0.1, -0.05) is 50.2 Å². The van der Waals surface area contributed by atoms with E-state index in [2.05, 4.69) is 36.6 Å². The van der Waals surface area contributed by atoms with Gasteiger partial charge in [0.05, 0.1) is 10.5 Å². The molecule has 142 valence electrons. The van der Waals surface area contributed by atoms with Crippen molar-refractivity contribution in [3.05, 3.63) is 88.5 Å². The van der Waals surface area contributed by atoms with Gasteiger partial charge in [-0.2, -0.15) is 0 Å². The first-order valence-electron chi connectivity index (χ1n) is 8.96. The Morgan fingerprint density at radius 1 is 0.893 bits per heavy atom. The maximum atomic E-state index is 11.2. The summed E-state index contributed by atoms with van der Waals surface area (Å²) in [7, 11) is 0. The summed E-state index contributed by atoms with van der Waals surface area (Å²) >= 11 is 5.37. The van der Waals surface area contributed by atoms with E-state index in [0.29, 0.717) is 16.6 Å². The summed E-state index contributed by atoms with van der Waals surface area (Å²) in [6, 6.07) is 22.2. The lowest BCUT2D eigenvalue weighted by molar-refractivity contribution is -0.384. The van der Waals surface area contributed by atoms with Crippen LogP contribution in [0.4, 0.5) is 17.1 Å². The van der Waals surface area contributed by atoms with Gasteiger partial charge in [-0.25, -0.2) is 0 Å². The molecule has 2 N–H and O–H groups in total. The second-order valence-corrected chi connectivity index (χ2v) is 7.12. The second-order valence-electron chi connectivity index (χ2n) is 6.71. The van der Waals surface area contributed by atoms with Gasteiger partial charge in [-0.15, -0.1) is 0 Å². The van der Waals surface area contributed by atoms with Crippen molar-refractivity contribution in [2.45, 2.75) is 19.8 Å². The number of hydrogen-bond acceptors (Lipinski definition) is 3. The molecule has 0 saturated heterocycles. The van der Waals surface area contributed by atoms with Gasteiger partial charge in [-0.3, -0.25) is 10.1 Å². The van der Waals surface area contributed by atoms with Crippen LogP contribution in [-0.4, -0.2) is 10.0 Å². The molecule has 6 heteroatoms. The molecule has 0 atom stereocenters. The standard InChI is InChI=1S/C22H21N3O2S/c1-15(2)16-7-11-18(12-8-16)23-22(28)24-19-13-9-17(10-14-19)20-5-3-4-6-21(20)25(26)27/h3-15H,1-2H3,(H2,23,24,28). The Hall–Kier alpha value is -3.25. The van der Waals surface area contributed by atoms with Gasteiger partial charge in [0.2, 0.25) is 0 Å². The van der Waals surface area contributed by atoms with Gasteiger partial charge in [0.15, 0.2) is 5.11 Å². The molecule has 0 aliphatic heterocycles. The van der Waals surface area contributed by atoms with Crippen LogP contribution in [0.3, 0.4) is 0 Å². The number of nitro groups is 1. The zero-order valence-electron chi connectivity index (χ0n) is 15.7. The molecule has 0 bridgehead atoms. The van der Waals surface area contributed by atoms with Crippen molar-refractivity contribution in [3.8, 4) is 11.1 Å². The maximum Gasteiger partial charge on any atom is 0.277 e. The van der Waals surface area contributed by atoms with Gasteiger partial charge >= 0.3 is 0 Å². The molecular weight excluding hydrogens is 370 g/mol. The molecule has 0 amide bonds. The number of anilines is 2.